The summed E-state index contributed by atoms with van der Waals surface area (Å²) in [6.07, 6.45) is 2.61. The summed E-state index contributed by atoms with van der Waals surface area (Å²) in [4.78, 5) is 29.0. The second-order valence-electron chi connectivity index (χ2n) is 6.66. The highest BCUT2D eigenvalue weighted by molar-refractivity contribution is 7.99. The van der Waals surface area contributed by atoms with E-state index in [2.05, 4.69) is 32.4 Å². The Morgan fingerprint density at radius 3 is 2.74 bits per heavy atom. The van der Waals surface area contributed by atoms with Gasteiger partial charge in [0.2, 0.25) is 11.8 Å². The van der Waals surface area contributed by atoms with Crippen molar-refractivity contribution < 1.29 is 9.59 Å². The first-order valence-corrected chi connectivity index (χ1v) is 11.6. The minimum atomic E-state index is -0.178. The lowest BCUT2D eigenvalue weighted by Crippen LogP contribution is -2.19. The van der Waals surface area contributed by atoms with Gasteiger partial charge in [-0.2, -0.15) is 0 Å². The number of thioether (sulfide) groups is 1. The van der Waals surface area contributed by atoms with Crippen LogP contribution in [0.25, 0.3) is 0 Å². The van der Waals surface area contributed by atoms with Crippen molar-refractivity contribution in [1.29, 1.82) is 0 Å². The number of nitrogens with one attached hydrogen (secondary N) is 2. The SMILES string of the molecule is C=CCn1c(CC(=O)Nc2ccccc2CC)nnc1SCC(=O)Nc1nc(C)cs1. The van der Waals surface area contributed by atoms with Crippen LogP contribution in [0.15, 0.2) is 47.5 Å². The molecule has 0 aliphatic carbocycles. The number of anilines is 2. The summed E-state index contributed by atoms with van der Waals surface area (Å²) in [6.45, 7) is 8.12. The Balaban J connectivity index is 1.63. The van der Waals surface area contributed by atoms with Gasteiger partial charge in [-0.1, -0.05) is 43.0 Å². The molecule has 162 valence electrons. The molecule has 2 heterocycles. The van der Waals surface area contributed by atoms with E-state index in [0.717, 1.165) is 23.4 Å². The maximum Gasteiger partial charge on any atom is 0.236 e. The Kier molecular flexibility index (Phi) is 7.96. The molecule has 3 rings (SSSR count). The van der Waals surface area contributed by atoms with E-state index in [-0.39, 0.29) is 24.0 Å². The largest absolute Gasteiger partial charge is 0.325 e. The summed E-state index contributed by atoms with van der Waals surface area (Å²) in [7, 11) is 0. The Morgan fingerprint density at radius 1 is 1.23 bits per heavy atom. The highest BCUT2D eigenvalue weighted by Crippen LogP contribution is 2.20. The molecule has 2 aromatic heterocycles. The fourth-order valence-electron chi connectivity index (χ4n) is 2.85. The number of allylic oxidation sites excluding steroid dienone is 1. The van der Waals surface area contributed by atoms with Crippen LogP contribution < -0.4 is 10.6 Å². The molecule has 2 N–H and O–H groups in total. The van der Waals surface area contributed by atoms with Crippen molar-refractivity contribution in [1.82, 2.24) is 19.7 Å². The normalized spacial score (nSPS) is 10.6. The molecule has 2 amide bonds. The number of hydrogen-bond acceptors (Lipinski definition) is 7. The molecule has 0 saturated carbocycles. The molecule has 0 spiro atoms. The number of carbonyl (C=O) groups excluding carboxylic acids is 2. The molecule has 0 aliphatic rings. The molecule has 1 aromatic carbocycles. The number of nitrogens with zero attached hydrogens (tertiary/aromatic N) is 4. The van der Waals surface area contributed by atoms with Gasteiger partial charge in [-0.3, -0.25) is 9.59 Å². The minimum absolute atomic E-state index is 0.0734. The lowest BCUT2D eigenvalue weighted by molar-refractivity contribution is -0.116. The minimum Gasteiger partial charge on any atom is -0.325 e. The summed E-state index contributed by atoms with van der Waals surface area (Å²) < 4.78 is 1.80. The number of aromatic nitrogens is 4. The van der Waals surface area contributed by atoms with E-state index in [0.29, 0.717) is 22.7 Å². The van der Waals surface area contributed by atoms with Crippen LogP contribution >= 0.6 is 23.1 Å². The molecule has 0 unspecified atom stereocenters. The summed E-state index contributed by atoms with van der Waals surface area (Å²) in [5, 5.41) is 17.0. The van der Waals surface area contributed by atoms with Crippen molar-refractivity contribution in [2.75, 3.05) is 16.4 Å². The van der Waals surface area contributed by atoms with E-state index >= 15 is 0 Å². The van der Waals surface area contributed by atoms with Gasteiger partial charge in [-0.25, -0.2) is 4.98 Å². The summed E-state index contributed by atoms with van der Waals surface area (Å²) >= 11 is 2.64. The van der Waals surface area contributed by atoms with Gasteiger partial charge in [0.1, 0.15) is 5.82 Å². The van der Waals surface area contributed by atoms with Gasteiger partial charge in [-0.05, 0) is 25.0 Å². The number of aryl methyl sites for hydroxylation is 2. The number of carbonyl (C=O) groups is 2. The van der Waals surface area contributed by atoms with E-state index in [1.54, 1.807) is 10.6 Å². The Labute approximate surface area is 189 Å². The van der Waals surface area contributed by atoms with E-state index in [4.69, 9.17) is 0 Å². The zero-order valence-electron chi connectivity index (χ0n) is 17.4. The number of para-hydroxylation sites is 1. The Hall–Kier alpha value is -2.98. The lowest BCUT2D eigenvalue weighted by atomic mass is 10.1. The van der Waals surface area contributed by atoms with Crippen LogP contribution in [-0.4, -0.2) is 37.3 Å². The highest BCUT2D eigenvalue weighted by Gasteiger charge is 2.17. The molecule has 31 heavy (non-hydrogen) atoms. The third-order valence-corrected chi connectivity index (χ3v) is 6.14. The quantitative estimate of drug-likeness (QED) is 0.356. The second kappa shape index (κ2) is 10.9. The number of benzene rings is 1. The fraction of sp³-hybridized carbons (Fsp3) is 0.286. The van der Waals surface area contributed by atoms with Crippen LogP contribution in [-0.2, 0) is 29.0 Å². The first-order chi connectivity index (χ1) is 15.0. The number of amides is 2. The van der Waals surface area contributed by atoms with Crippen molar-refractivity contribution >= 4 is 45.7 Å². The molecule has 8 nitrogen and oxygen atoms in total. The van der Waals surface area contributed by atoms with Crippen LogP contribution in [0.5, 0.6) is 0 Å². The van der Waals surface area contributed by atoms with Gasteiger partial charge < -0.3 is 15.2 Å². The molecule has 0 bridgehead atoms. The van der Waals surface area contributed by atoms with Gasteiger partial charge in [0.15, 0.2) is 10.3 Å². The van der Waals surface area contributed by atoms with Crippen LogP contribution in [0.4, 0.5) is 10.8 Å². The van der Waals surface area contributed by atoms with Crippen molar-refractivity contribution in [3.05, 3.63) is 59.4 Å². The molecule has 3 aromatic rings. The van der Waals surface area contributed by atoms with Crippen molar-refractivity contribution in [2.24, 2.45) is 0 Å². The molecule has 0 atom stereocenters. The van der Waals surface area contributed by atoms with Gasteiger partial charge in [0.25, 0.3) is 0 Å². The van der Waals surface area contributed by atoms with Crippen molar-refractivity contribution in [3.8, 4) is 0 Å². The maximum atomic E-state index is 12.6. The monoisotopic (exact) mass is 456 g/mol. The predicted molar refractivity (Wildman–Crippen MR) is 125 cm³/mol. The topological polar surface area (TPSA) is 102 Å². The number of hydrogen-bond donors (Lipinski definition) is 2. The van der Waals surface area contributed by atoms with Crippen LogP contribution in [0.1, 0.15) is 24.0 Å². The van der Waals surface area contributed by atoms with Gasteiger partial charge in [0, 0.05) is 17.6 Å². The van der Waals surface area contributed by atoms with Crippen molar-refractivity contribution in [2.45, 2.75) is 38.4 Å². The molecule has 0 radical (unpaired) electrons. The number of thiazole rings is 1. The zero-order chi connectivity index (χ0) is 22.2. The molecular formula is C21H24N6O2S2. The van der Waals surface area contributed by atoms with E-state index in [9.17, 15) is 9.59 Å². The fourth-order valence-corrected chi connectivity index (χ4v) is 4.33. The summed E-state index contributed by atoms with van der Waals surface area (Å²) in [6, 6.07) is 7.71. The third-order valence-electron chi connectivity index (χ3n) is 4.29. The van der Waals surface area contributed by atoms with Crippen LogP contribution in [0.3, 0.4) is 0 Å². The third kappa shape index (κ3) is 6.25. The molecule has 0 aliphatic heterocycles. The summed E-state index contributed by atoms with van der Waals surface area (Å²) in [5.41, 5.74) is 2.73. The average Bonchev–Trinajstić information content (AvgIpc) is 3.33. The average molecular weight is 457 g/mol. The van der Waals surface area contributed by atoms with Crippen LogP contribution in [0, 0.1) is 6.92 Å². The standard InChI is InChI=1S/C21H24N6O2S2/c1-4-10-27-17(11-18(28)23-16-9-7-6-8-15(16)5-2)25-26-21(27)31-13-19(29)24-20-22-14(3)12-30-20/h4,6-9,12H,1,5,10-11,13H2,2-3H3,(H,23,28)(H,22,24,29). The Morgan fingerprint density at radius 2 is 2.03 bits per heavy atom. The first-order valence-electron chi connectivity index (χ1n) is 9.75. The molecule has 10 heteroatoms. The first kappa shape index (κ1) is 22.7. The lowest BCUT2D eigenvalue weighted by Gasteiger charge is -2.10. The van der Waals surface area contributed by atoms with Crippen molar-refractivity contribution in [3.63, 3.8) is 0 Å². The van der Waals surface area contributed by atoms with Gasteiger partial charge in [-0.15, -0.1) is 28.1 Å². The molecule has 0 fully saturated rings. The van der Waals surface area contributed by atoms with Crippen LogP contribution in [0.2, 0.25) is 0 Å². The second-order valence-corrected chi connectivity index (χ2v) is 8.47. The Bertz CT molecular complexity index is 1080. The van der Waals surface area contributed by atoms with E-state index in [1.807, 2.05) is 43.5 Å². The zero-order valence-corrected chi connectivity index (χ0v) is 19.1. The number of rotatable bonds is 10. The summed E-state index contributed by atoms with van der Waals surface area (Å²) in [5.74, 6) is 0.323. The maximum absolute atomic E-state index is 12.6. The van der Waals surface area contributed by atoms with Gasteiger partial charge >= 0.3 is 0 Å². The van der Waals surface area contributed by atoms with E-state index < -0.39 is 0 Å². The van der Waals surface area contributed by atoms with Gasteiger partial charge in [0.05, 0.1) is 17.9 Å². The molecular weight excluding hydrogens is 432 g/mol. The predicted octanol–water partition coefficient (Wildman–Crippen LogP) is 3.70. The molecule has 0 saturated heterocycles. The smallest absolute Gasteiger partial charge is 0.236 e. The van der Waals surface area contributed by atoms with E-state index in [1.165, 1.54) is 23.1 Å². The highest BCUT2D eigenvalue weighted by atomic mass is 32.2.